The van der Waals surface area contributed by atoms with Gasteiger partial charge in [0.15, 0.2) is 11.5 Å². The zero-order valence-electron chi connectivity index (χ0n) is 17.8. The number of hydrogen-bond acceptors (Lipinski definition) is 10. The summed E-state index contributed by atoms with van der Waals surface area (Å²) in [7, 11) is 0. The van der Waals surface area contributed by atoms with Crippen LogP contribution in [0.1, 0.15) is 19.4 Å². The van der Waals surface area contributed by atoms with Crippen LogP contribution in [0.25, 0.3) is 11.3 Å². The standard InChI is InChI=1S/C22H20N6O4S/c1-14(2)31-18-5-3-4-6-19(18)32-22-20(28(29)30)21(24-13-25-22)23-11-15-7-9-16(10-8-15)17-12-33-27-26-17/h3-10,12-14H,11H2,1-2H3,(H,23,24,25). The highest BCUT2D eigenvalue weighted by Gasteiger charge is 2.26. The van der Waals surface area contributed by atoms with Gasteiger partial charge in [-0.15, -0.1) is 5.10 Å². The molecular formula is C22H20N6O4S. The van der Waals surface area contributed by atoms with Crippen molar-refractivity contribution in [2.75, 3.05) is 5.32 Å². The molecule has 0 aliphatic rings. The third-order valence-electron chi connectivity index (χ3n) is 4.46. The van der Waals surface area contributed by atoms with E-state index in [1.807, 2.05) is 43.5 Å². The van der Waals surface area contributed by atoms with Crippen LogP contribution in [0.4, 0.5) is 11.5 Å². The quantitative estimate of drug-likeness (QED) is 0.266. The largest absolute Gasteiger partial charge is 0.487 e. The van der Waals surface area contributed by atoms with E-state index in [-0.39, 0.29) is 23.5 Å². The van der Waals surface area contributed by atoms with Gasteiger partial charge in [-0.1, -0.05) is 40.9 Å². The van der Waals surface area contributed by atoms with Crippen LogP contribution in [0, 0.1) is 10.1 Å². The van der Waals surface area contributed by atoms with Crippen LogP contribution in [-0.2, 0) is 6.54 Å². The highest BCUT2D eigenvalue weighted by Crippen LogP contribution is 2.38. The lowest BCUT2D eigenvalue weighted by Gasteiger charge is -2.14. The number of hydrogen-bond donors (Lipinski definition) is 1. The predicted molar refractivity (Wildman–Crippen MR) is 124 cm³/mol. The molecule has 1 N–H and O–H groups in total. The van der Waals surface area contributed by atoms with Gasteiger partial charge in [-0.05, 0) is 43.1 Å². The van der Waals surface area contributed by atoms with E-state index in [4.69, 9.17) is 9.47 Å². The number of para-hydroxylation sites is 2. The molecule has 0 spiro atoms. The van der Waals surface area contributed by atoms with Crippen molar-refractivity contribution in [2.24, 2.45) is 0 Å². The van der Waals surface area contributed by atoms with Gasteiger partial charge in [0.05, 0.1) is 11.0 Å². The molecule has 33 heavy (non-hydrogen) atoms. The molecule has 0 atom stereocenters. The van der Waals surface area contributed by atoms with E-state index in [9.17, 15) is 10.1 Å². The van der Waals surface area contributed by atoms with Crippen molar-refractivity contribution >= 4 is 23.0 Å². The molecule has 168 valence electrons. The van der Waals surface area contributed by atoms with Gasteiger partial charge in [0.2, 0.25) is 5.82 Å². The summed E-state index contributed by atoms with van der Waals surface area (Å²) in [4.78, 5) is 19.3. The Labute approximate surface area is 193 Å². The molecule has 2 aromatic carbocycles. The normalized spacial score (nSPS) is 10.8. The number of nitro groups is 1. The Bertz CT molecular complexity index is 1230. The van der Waals surface area contributed by atoms with E-state index in [0.717, 1.165) is 16.8 Å². The molecule has 0 fully saturated rings. The number of aromatic nitrogens is 4. The first kappa shape index (κ1) is 22.1. The van der Waals surface area contributed by atoms with Gasteiger partial charge < -0.3 is 14.8 Å². The zero-order valence-corrected chi connectivity index (χ0v) is 18.7. The Kier molecular flexibility index (Phi) is 6.69. The highest BCUT2D eigenvalue weighted by molar-refractivity contribution is 7.03. The van der Waals surface area contributed by atoms with Crippen molar-refractivity contribution in [3.8, 4) is 28.6 Å². The Morgan fingerprint density at radius 1 is 1.09 bits per heavy atom. The molecule has 0 saturated carbocycles. The maximum Gasteiger partial charge on any atom is 0.373 e. The number of nitrogens with one attached hydrogen (secondary N) is 1. The van der Waals surface area contributed by atoms with Gasteiger partial charge in [-0.25, -0.2) is 4.98 Å². The number of benzene rings is 2. The molecule has 11 heteroatoms. The van der Waals surface area contributed by atoms with Crippen LogP contribution < -0.4 is 14.8 Å². The van der Waals surface area contributed by atoms with Crippen LogP contribution in [0.3, 0.4) is 0 Å². The minimum absolute atomic E-state index is 0.0556. The van der Waals surface area contributed by atoms with Gasteiger partial charge in [-0.3, -0.25) is 10.1 Å². The molecule has 0 amide bonds. The van der Waals surface area contributed by atoms with E-state index in [0.29, 0.717) is 18.0 Å². The van der Waals surface area contributed by atoms with Crippen LogP contribution in [0.2, 0.25) is 0 Å². The van der Waals surface area contributed by atoms with E-state index >= 15 is 0 Å². The SMILES string of the molecule is CC(C)Oc1ccccc1Oc1ncnc(NCc2ccc(-c3csnn3)cc2)c1[N+](=O)[O-]. The summed E-state index contributed by atoms with van der Waals surface area (Å²) < 4.78 is 15.4. The summed E-state index contributed by atoms with van der Waals surface area (Å²) >= 11 is 1.28. The molecular weight excluding hydrogens is 444 g/mol. The van der Waals surface area contributed by atoms with E-state index in [1.54, 1.807) is 24.3 Å². The van der Waals surface area contributed by atoms with Gasteiger partial charge in [0.25, 0.3) is 0 Å². The summed E-state index contributed by atoms with van der Waals surface area (Å²) in [5, 5.41) is 20.8. The first-order valence-corrected chi connectivity index (χ1v) is 10.9. The number of ether oxygens (including phenoxy) is 2. The van der Waals surface area contributed by atoms with E-state index < -0.39 is 4.92 Å². The monoisotopic (exact) mass is 464 g/mol. The van der Waals surface area contributed by atoms with Gasteiger partial charge in [0.1, 0.15) is 12.0 Å². The lowest BCUT2D eigenvalue weighted by atomic mass is 10.1. The molecule has 0 radical (unpaired) electrons. The van der Waals surface area contributed by atoms with Crippen molar-refractivity contribution in [1.82, 2.24) is 19.6 Å². The van der Waals surface area contributed by atoms with Crippen molar-refractivity contribution < 1.29 is 14.4 Å². The first-order chi connectivity index (χ1) is 16.0. The third-order valence-corrected chi connectivity index (χ3v) is 4.96. The number of rotatable bonds is 9. The maximum atomic E-state index is 11.8. The van der Waals surface area contributed by atoms with Gasteiger partial charge >= 0.3 is 11.6 Å². The van der Waals surface area contributed by atoms with E-state index in [2.05, 4.69) is 24.9 Å². The molecule has 0 unspecified atom stereocenters. The van der Waals surface area contributed by atoms with Gasteiger partial charge in [0, 0.05) is 17.5 Å². The topological polar surface area (TPSA) is 125 Å². The second-order valence-electron chi connectivity index (χ2n) is 7.19. The maximum absolute atomic E-state index is 11.8. The summed E-state index contributed by atoms with van der Waals surface area (Å²) in [6, 6.07) is 14.6. The fraction of sp³-hybridized carbons (Fsp3) is 0.182. The molecule has 0 saturated heterocycles. The predicted octanol–water partition coefficient (Wildman–Crippen LogP) is 5.09. The fourth-order valence-corrected chi connectivity index (χ4v) is 3.46. The molecule has 2 heterocycles. The minimum atomic E-state index is -0.568. The average molecular weight is 465 g/mol. The summed E-state index contributed by atoms with van der Waals surface area (Å²) in [5.41, 5.74) is 2.29. The molecule has 0 aliphatic carbocycles. The molecule has 0 aliphatic heterocycles. The Morgan fingerprint density at radius 2 is 1.85 bits per heavy atom. The highest BCUT2D eigenvalue weighted by atomic mass is 32.1. The lowest BCUT2D eigenvalue weighted by molar-refractivity contribution is -0.385. The van der Waals surface area contributed by atoms with Crippen molar-refractivity contribution in [3.05, 3.63) is 75.9 Å². The van der Waals surface area contributed by atoms with Crippen LogP contribution in [-0.4, -0.2) is 30.6 Å². The fourth-order valence-electron chi connectivity index (χ4n) is 2.99. The summed E-state index contributed by atoms with van der Waals surface area (Å²) in [5.74, 6) is 0.667. The Balaban J connectivity index is 1.54. The molecule has 4 rings (SSSR count). The van der Waals surface area contributed by atoms with Crippen molar-refractivity contribution in [2.45, 2.75) is 26.5 Å². The second kappa shape index (κ2) is 10.0. The van der Waals surface area contributed by atoms with Gasteiger partial charge in [-0.2, -0.15) is 4.98 Å². The van der Waals surface area contributed by atoms with Crippen LogP contribution >= 0.6 is 11.5 Å². The number of nitrogens with zero attached hydrogens (tertiary/aromatic N) is 5. The Morgan fingerprint density at radius 3 is 2.52 bits per heavy atom. The average Bonchev–Trinajstić information content (AvgIpc) is 3.34. The molecule has 2 aromatic heterocycles. The first-order valence-electron chi connectivity index (χ1n) is 10.0. The summed E-state index contributed by atoms with van der Waals surface area (Å²) in [6.07, 6.45) is 1.13. The number of anilines is 1. The third kappa shape index (κ3) is 5.39. The molecule has 4 aromatic rings. The minimum Gasteiger partial charge on any atom is -0.487 e. The van der Waals surface area contributed by atoms with Crippen molar-refractivity contribution in [1.29, 1.82) is 0 Å². The van der Waals surface area contributed by atoms with Crippen molar-refractivity contribution in [3.63, 3.8) is 0 Å². The second-order valence-corrected chi connectivity index (χ2v) is 7.80. The lowest BCUT2D eigenvalue weighted by Crippen LogP contribution is -2.08. The smallest absolute Gasteiger partial charge is 0.373 e. The van der Waals surface area contributed by atoms with Crippen LogP contribution in [0.5, 0.6) is 17.4 Å². The van der Waals surface area contributed by atoms with E-state index in [1.165, 1.54) is 17.9 Å². The Hall–Kier alpha value is -4.12. The molecule has 0 bridgehead atoms. The molecule has 10 nitrogen and oxygen atoms in total. The van der Waals surface area contributed by atoms with Crippen LogP contribution in [0.15, 0.2) is 60.2 Å². The zero-order chi connectivity index (χ0) is 23.2. The summed E-state index contributed by atoms with van der Waals surface area (Å²) in [6.45, 7) is 4.08.